The van der Waals surface area contributed by atoms with Crippen molar-refractivity contribution in [3.63, 3.8) is 0 Å². The molecule has 0 radical (unpaired) electrons. The lowest BCUT2D eigenvalue weighted by Gasteiger charge is -2.31. The summed E-state index contributed by atoms with van der Waals surface area (Å²) in [5.41, 5.74) is 4.21. The summed E-state index contributed by atoms with van der Waals surface area (Å²) in [6, 6.07) is 3.38. The second-order valence-electron chi connectivity index (χ2n) is 4.90. The van der Waals surface area contributed by atoms with Crippen molar-refractivity contribution < 1.29 is 22.3 Å². The molecule has 23 heavy (non-hydrogen) atoms. The number of rotatable bonds is 7. The van der Waals surface area contributed by atoms with E-state index >= 15 is 0 Å². The Labute approximate surface area is 142 Å². The van der Waals surface area contributed by atoms with E-state index in [2.05, 4.69) is 9.46 Å². The molecular formula is C14H22ClFN2O4S. The van der Waals surface area contributed by atoms with E-state index in [1.54, 1.807) is 13.8 Å². The summed E-state index contributed by atoms with van der Waals surface area (Å²) in [7, 11) is -3.08. The third-order valence-corrected chi connectivity index (χ3v) is 5.37. The summed E-state index contributed by atoms with van der Waals surface area (Å²) >= 11 is 0. The number of hydrogen-bond acceptors (Lipinski definition) is 5. The van der Waals surface area contributed by atoms with E-state index in [-0.39, 0.29) is 19.0 Å². The summed E-state index contributed by atoms with van der Waals surface area (Å²) < 4.78 is 46.0. The summed E-state index contributed by atoms with van der Waals surface area (Å²) in [5, 5.41) is 0. The second-order valence-corrected chi connectivity index (χ2v) is 6.55. The predicted octanol–water partition coefficient (Wildman–Crippen LogP) is 1.83. The van der Waals surface area contributed by atoms with Crippen LogP contribution in [0.4, 0.5) is 4.39 Å². The lowest BCUT2D eigenvalue weighted by molar-refractivity contribution is 0.0590. The van der Waals surface area contributed by atoms with Crippen molar-refractivity contribution in [1.29, 1.82) is 0 Å². The lowest BCUT2D eigenvalue weighted by atomic mass is 9.95. The molecule has 9 heteroatoms. The topological polar surface area (TPSA) is 98.5 Å². The van der Waals surface area contributed by atoms with Crippen LogP contribution in [0, 0.1) is 5.82 Å². The van der Waals surface area contributed by atoms with E-state index in [1.165, 1.54) is 6.07 Å². The van der Waals surface area contributed by atoms with Gasteiger partial charge in [0.1, 0.15) is 11.4 Å². The van der Waals surface area contributed by atoms with Crippen molar-refractivity contribution in [2.45, 2.75) is 37.1 Å². The Kier molecular flexibility index (Phi) is 8.13. The van der Waals surface area contributed by atoms with Crippen LogP contribution in [0.5, 0.6) is 0 Å². The standard InChI is InChI=1S/C14H21FN2O4S.ClH/c1-4-14(5-2,9-16)17-22(19,20)11-8-6-7-10(15)12(11)13(18)21-3;/h6-8,17H,4-5,9,16H2,1-3H3;1H. The molecule has 1 rings (SSSR count). The van der Waals surface area contributed by atoms with Gasteiger partial charge in [-0.3, -0.25) is 0 Å². The zero-order valence-electron chi connectivity index (χ0n) is 13.3. The van der Waals surface area contributed by atoms with Crippen molar-refractivity contribution in [1.82, 2.24) is 4.72 Å². The highest BCUT2D eigenvalue weighted by atomic mass is 35.5. The van der Waals surface area contributed by atoms with Gasteiger partial charge in [0.2, 0.25) is 10.0 Å². The summed E-state index contributed by atoms with van der Waals surface area (Å²) in [6.07, 6.45) is 0.921. The Hall–Kier alpha value is -1.22. The molecular weight excluding hydrogens is 347 g/mol. The zero-order chi connectivity index (χ0) is 17.0. The molecule has 0 aliphatic rings. The number of sulfonamides is 1. The van der Waals surface area contributed by atoms with Gasteiger partial charge in [0.15, 0.2) is 0 Å². The fourth-order valence-electron chi connectivity index (χ4n) is 2.09. The normalized spacial score (nSPS) is 11.7. The number of benzene rings is 1. The van der Waals surface area contributed by atoms with Crippen molar-refractivity contribution in [2.24, 2.45) is 5.73 Å². The van der Waals surface area contributed by atoms with E-state index in [4.69, 9.17) is 5.73 Å². The Balaban J connectivity index is 0.00000484. The molecule has 6 nitrogen and oxygen atoms in total. The van der Waals surface area contributed by atoms with Gasteiger partial charge in [-0.2, -0.15) is 0 Å². The predicted molar refractivity (Wildman–Crippen MR) is 87.7 cm³/mol. The third-order valence-electron chi connectivity index (χ3n) is 3.75. The van der Waals surface area contributed by atoms with E-state index in [1.807, 2.05) is 0 Å². The molecule has 0 amide bonds. The van der Waals surface area contributed by atoms with Gasteiger partial charge in [-0.15, -0.1) is 12.4 Å². The number of halogens is 2. The van der Waals surface area contributed by atoms with Crippen LogP contribution >= 0.6 is 12.4 Å². The molecule has 3 N–H and O–H groups in total. The Morgan fingerprint density at radius 1 is 1.35 bits per heavy atom. The largest absolute Gasteiger partial charge is 0.465 e. The smallest absolute Gasteiger partial charge is 0.342 e. The minimum atomic E-state index is -4.13. The number of ether oxygens (including phenoxy) is 1. The SMILES string of the molecule is CCC(CC)(CN)NS(=O)(=O)c1cccc(F)c1C(=O)OC.Cl. The quantitative estimate of drug-likeness (QED) is 0.715. The molecule has 0 aromatic heterocycles. The zero-order valence-corrected chi connectivity index (χ0v) is 14.9. The van der Waals surface area contributed by atoms with Crippen LogP contribution in [0.1, 0.15) is 37.0 Å². The van der Waals surface area contributed by atoms with Gasteiger partial charge in [0, 0.05) is 12.1 Å². The first-order valence-corrected chi connectivity index (χ1v) is 8.36. The minimum Gasteiger partial charge on any atom is -0.465 e. The molecule has 0 unspecified atom stereocenters. The van der Waals surface area contributed by atoms with Crippen molar-refractivity contribution in [3.05, 3.63) is 29.6 Å². The van der Waals surface area contributed by atoms with Crippen molar-refractivity contribution in [3.8, 4) is 0 Å². The van der Waals surface area contributed by atoms with Crippen LogP contribution in [-0.2, 0) is 14.8 Å². The fourth-order valence-corrected chi connectivity index (χ4v) is 3.85. The summed E-state index contributed by atoms with van der Waals surface area (Å²) in [6.45, 7) is 3.68. The first-order valence-electron chi connectivity index (χ1n) is 6.87. The maximum Gasteiger partial charge on any atom is 0.342 e. The van der Waals surface area contributed by atoms with E-state index in [0.29, 0.717) is 12.8 Å². The first-order chi connectivity index (χ1) is 10.3. The monoisotopic (exact) mass is 368 g/mol. The van der Waals surface area contributed by atoms with Crippen molar-refractivity contribution in [2.75, 3.05) is 13.7 Å². The fraction of sp³-hybridized carbons (Fsp3) is 0.500. The van der Waals surface area contributed by atoms with Gasteiger partial charge < -0.3 is 10.5 Å². The molecule has 0 bridgehead atoms. The van der Waals surface area contributed by atoms with Gasteiger partial charge in [-0.1, -0.05) is 19.9 Å². The molecule has 0 fully saturated rings. The Morgan fingerprint density at radius 2 is 1.91 bits per heavy atom. The number of nitrogens with two attached hydrogens (primary N) is 1. The van der Waals surface area contributed by atoms with E-state index in [0.717, 1.165) is 19.2 Å². The van der Waals surface area contributed by atoms with Crippen LogP contribution in [0.2, 0.25) is 0 Å². The maximum atomic E-state index is 13.9. The molecule has 0 atom stereocenters. The average Bonchev–Trinajstić information content (AvgIpc) is 2.51. The van der Waals surface area contributed by atoms with Gasteiger partial charge in [-0.05, 0) is 25.0 Å². The number of nitrogens with one attached hydrogen (secondary N) is 1. The van der Waals surface area contributed by atoms with Crippen LogP contribution in [-0.4, -0.2) is 33.6 Å². The molecule has 0 saturated carbocycles. The molecule has 0 aliphatic heterocycles. The van der Waals surface area contributed by atoms with Crippen LogP contribution in [0.25, 0.3) is 0 Å². The van der Waals surface area contributed by atoms with Gasteiger partial charge in [0.05, 0.1) is 12.0 Å². The van der Waals surface area contributed by atoms with Crippen LogP contribution in [0.15, 0.2) is 23.1 Å². The highest BCUT2D eigenvalue weighted by Gasteiger charge is 2.34. The molecule has 0 saturated heterocycles. The molecule has 0 aliphatic carbocycles. The van der Waals surface area contributed by atoms with Crippen molar-refractivity contribution >= 4 is 28.4 Å². The first kappa shape index (κ1) is 21.8. The highest BCUT2D eigenvalue weighted by Crippen LogP contribution is 2.23. The number of hydrogen-bond donors (Lipinski definition) is 2. The second kappa shape index (κ2) is 8.58. The maximum absolute atomic E-state index is 13.9. The number of esters is 1. The molecule has 0 heterocycles. The van der Waals surface area contributed by atoms with Crippen LogP contribution < -0.4 is 10.5 Å². The Morgan fingerprint density at radius 3 is 2.35 bits per heavy atom. The van der Waals surface area contributed by atoms with Crippen LogP contribution in [0.3, 0.4) is 0 Å². The van der Waals surface area contributed by atoms with E-state index < -0.39 is 37.8 Å². The third kappa shape index (κ3) is 4.63. The van der Waals surface area contributed by atoms with Gasteiger partial charge >= 0.3 is 5.97 Å². The molecule has 1 aromatic rings. The van der Waals surface area contributed by atoms with E-state index in [9.17, 15) is 17.6 Å². The molecule has 132 valence electrons. The molecule has 0 spiro atoms. The number of carbonyl (C=O) groups is 1. The summed E-state index contributed by atoms with van der Waals surface area (Å²) in [4.78, 5) is 11.2. The Bertz CT molecular complexity index is 640. The molecule has 1 aromatic carbocycles. The number of carbonyl (C=O) groups excluding carboxylic acids is 1. The lowest BCUT2D eigenvalue weighted by Crippen LogP contribution is -2.52. The summed E-state index contributed by atoms with van der Waals surface area (Å²) in [5.74, 6) is -2.01. The van der Waals surface area contributed by atoms with Gasteiger partial charge in [0.25, 0.3) is 0 Å². The highest BCUT2D eigenvalue weighted by molar-refractivity contribution is 7.89. The minimum absolute atomic E-state index is 0. The number of methoxy groups -OCH3 is 1. The van der Waals surface area contributed by atoms with Gasteiger partial charge in [-0.25, -0.2) is 22.3 Å². The average molecular weight is 369 g/mol.